The lowest BCUT2D eigenvalue weighted by Gasteiger charge is -2.14. The molecule has 2 aromatic carbocycles. The molecule has 0 fully saturated rings. The van der Waals surface area contributed by atoms with Crippen molar-refractivity contribution in [3.8, 4) is 23.0 Å². The first-order chi connectivity index (χ1) is 13.0. The Morgan fingerprint density at radius 1 is 1.04 bits per heavy atom. The number of amides is 1. The molecule has 2 aromatic rings. The average Bonchev–Trinajstić information content (AvgIpc) is 2.67. The van der Waals surface area contributed by atoms with Gasteiger partial charge in [-0.1, -0.05) is 23.7 Å². The van der Waals surface area contributed by atoms with Crippen LogP contribution in [0.25, 0.3) is 0 Å². The van der Waals surface area contributed by atoms with Crippen LogP contribution in [0, 0.1) is 0 Å². The number of hydrogen-bond donors (Lipinski definition) is 1. The molecular formula is C20H22ClNO5. The maximum absolute atomic E-state index is 12.3. The molecule has 144 valence electrons. The first-order valence-electron chi connectivity index (χ1n) is 8.14. The van der Waals surface area contributed by atoms with Crippen LogP contribution in [0.5, 0.6) is 23.0 Å². The van der Waals surface area contributed by atoms with Crippen molar-refractivity contribution in [1.82, 2.24) is 0 Å². The predicted molar refractivity (Wildman–Crippen MR) is 106 cm³/mol. The van der Waals surface area contributed by atoms with Gasteiger partial charge in [0.05, 0.1) is 32.0 Å². The lowest BCUT2D eigenvalue weighted by Crippen LogP contribution is -2.20. The number of halogens is 1. The zero-order valence-electron chi connectivity index (χ0n) is 15.5. The zero-order chi connectivity index (χ0) is 19.8. The normalized spacial score (nSPS) is 10.1. The number of hydrogen-bond acceptors (Lipinski definition) is 5. The largest absolute Gasteiger partial charge is 0.495 e. The summed E-state index contributed by atoms with van der Waals surface area (Å²) in [6.45, 7) is 3.51. The second kappa shape index (κ2) is 9.73. The third kappa shape index (κ3) is 5.31. The fraction of sp³-hybridized carbons (Fsp3) is 0.250. The number of anilines is 1. The van der Waals surface area contributed by atoms with E-state index in [1.807, 2.05) is 12.1 Å². The standard InChI is InChI=1S/C20H22ClNO5/c1-5-6-13-7-8-16(19(9-13)26-4)27-12-20(23)22-15-10-14(21)17(24-2)11-18(15)25-3/h5,7-11H,1,6,12H2,2-4H3,(H,22,23). The van der Waals surface area contributed by atoms with Crippen molar-refractivity contribution < 1.29 is 23.7 Å². The van der Waals surface area contributed by atoms with Gasteiger partial charge in [-0.3, -0.25) is 4.79 Å². The summed E-state index contributed by atoms with van der Waals surface area (Å²) < 4.78 is 21.3. The van der Waals surface area contributed by atoms with Crippen LogP contribution < -0.4 is 24.3 Å². The molecule has 2 rings (SSSR count). The van der Waals surface area contributed by atoms with Gasteiger partial charge >= 0.3 is 0 Å². The highest BCUT2D eigenvalue weighted by Gasteiger charge is 2.14. The number of carbonyl (C=O) groups is 1. The van der Waals surface area contributed by atoms with Crippen molar-refractivity contribution in [1.29, 1.82) is 0 Å². The van der Waals surface area contributed by atoms with Crippen LogP contribution in [0.15, 0.2) is 43.0 Å². The Bertz CT molecular complexity index is 822. The molecular weight excluding hydrogens is 370 g/mol. The summed E-state index contributed by atoms with van der Waals surface area (Å²) in [4.78, 5) is 12.3. The van der Waals surface area contributed by atoms with Crippen LogP contribution in [0.4, 0.5) is 5.69 Å². The summed E-state index contributed by atoms with van der Waals surface area (Å²) in [6, 6.07) is 8.66. The van der Waals surface area contributed by atoms with Crippen molar-refractivity contribution in [2.45, 2.75) is 6.42 Å². The lowest BCUT2D eigenvalue weighted by atomic mass is 10.1. The van der Waals surface area contributed by atoms with E-state index in [-0.39, 0.29) is 12.5 Å². The Labute approximate surface area is 163 Å². The van der Waals surface area contributed by atoms with Crippen LogP contribution in [0.2, 0.25) is 5.02 Å². The van der Waals surface area contributed by atoms with Gasteiger partial charge in [-0.2, -0.15) is 0 Å². The minimum Gasteiger partial charge on any atom is -0.495 e. The molecule has 0 aromatic heterocycles. The number of nitrogens with one attached hydrogen (secondary N) is 1. The Balaban J connectivity index is 2.06. The summed E-state index contributed by atoms with van der Waals surface area (Å²) >= 11 is 6.11. The van der Waals surface area contributed by atoms with Crippen molar-refractivity contribution in [3.05, 3.63) is 53.6 Å². The van der Waals surface area contributed by atoms with Crippen LogP contribution in [-0.2, 0) is 11.2 Å². The molecule has 0 saturated heterocycles. The third-order valence-corrected chi connectivity index (χ3v) is 4.01. The summed E-state index contributed by atoms with van der Waals surface area (Å²) in [5.41, 5.74) is 1.46. The molecule has 0 unspecified atom stereocenters. The fourth-order valence-corrected chi connectivity index (χ4v) is 2.65. The number of benzene rings is 2. The van der Waals surface area contributed by atoms with Gasteiger partial charge in [-0.05, 0) is 30.2 Å². The van der Waals surface area contributed by atoms with Gasteiger partial charge < -0.3 is 24.3 Å². The second-order valence-electron chi connectivity index (χ2n) is 5.50. The third-order valence-electron chi connectivity index (χ3n) is 3.71. The highest BCUT2D eigenvalue weighted by atomic mass is 35.5. The maximum Gasteiger partial charge on any atom is 0.262 e. The van der Waals surface area contributed by atoms with Gasteiger partial charge in [-0.25, -0.2) is 0 Å². The van der Waals surface area contributed by atoms with Gasteiger partial charge in [0.25, 0.3) is 5.91 Å². The van der Waals surface area contributed by atoms with E-state index >= 15 is 0 Å². The van der Waals surface area contributed by atoms with Crippen LogP contribution in [0.1, 0.15) is 5.56 Å². The van der Waals surface area contributed by atoms with E-state index in [1.54, 1.807) is 31.4 Å². The Kier molecular flexibility index (Phi) is 7.37. The van der Waals surface area contributed by atoms with E-state index in [4.69, 9.17) is 30.5 Å². The summed E-state index contributed by atoms with van der Waals surface area (Å²) in [5, 5.41) is 3.07. The van der Waals surface area contributed by atoms with Gasteiger partial charge in [0.1, 0.15) is 11.5 Å². The molecule has 27 heavy (non-hydrogen) atoms. The molecule has 0 heterocycles. The van der Waals surface area contributed by atoms with E-state index in [0.29, 0.717) is 33.7 Å². The Morgan fingerprint density at radius 2 is 1.74 bits per heavy atom. The number of allylic oxidation sites excluding steroid dienone is 1. The topological polar surface area (TPSA) is 66.0 Å². The van der Waals surface area contributed by atoms with E-state index in [1.165, 1.54) is 14.2 Å². The van der Waals surface area contributed by atoms with E-state index < -0.39 is 0 Å². The molecule has 6 nitrogen and oxygen atoms in total. The number of methoxy groups -OCH3 is 3. The lowest BCUT2D eigenvalue weighted by molar-refractivity contribution is -0.118. The highest BCUT2D eigenvalue weighted by Crippen LogP contribution is 2.36. The number of ether oxygens (including phenoxy) is 4. The Hall–Kier alpha value is -2.86. The van der Waals surface area contributed by atoms with Crippen LogP contribution in [-0.4, -0.2) is 33.8 Å². The number of carbonyl (C=O) groups excluding carboxylic acids is 1. The molecule has 0 spiro atoms. The smallest absolute Gasteiger partial charge is 0.262 e. The van der Waals surface area contributed by atoms with E-state index in [9.17, 15) is 4.79 Å². The molecule has 0 radical (unpaired) electrons. The zero-order valence-corrected chi connectivity index (χ0v) is 16.3. The van der Waals surface area contributed by atoms with Gasteiger partial charge in [-0.15, -0.1) is 6.58 Å². The predicted octanol–water partition coefficient (Wildman–Crippen LogP) is 4.11. The molecule has 0 atom stereocenters. The van der Waals surface area contributed by atoms with Crippen LogP contribution in [0.3, 0.4) is 0 Å². The maximum atomic E-state index is 12.3. The number of rotatable bonds is 9. The molecule has 0 saturated carbocycles. The van der Waals surface area contributed by atoms with Crippen LogP contribution >= 0.6 is 11.6 Å². The summed E-state index contributed by atoms with van der Waals surface area (Å²) in [5.74, 6) is 1.53. The molecule has 1 N–H and O–H groups in total. The summed E-state index contributed by atoms with van der Waals surface area (Å²) in [7, 11) is 4.54. The minimum atomic E-state index is -0.369. The highest BCUT2D eigenvalue weighted by molar-refractivity contribution is 6.32. The summed E-state index contributed by atoms with van der Waals surface area (Å²) in [6.07, 6.45) is 2.52. The monoisotopic (exact) mass is 391 g/mol. The molecule has 0 bridgehead atoms. The minimum absolute atomic E-state index is 0.204. The van der Waals surface area contributed by atoms with Crippen molar-refractivity contribution in [2.75, 3.05) is 33.3 Å². The van der Waals surface area contributed by atoms with E-state index in [2.05, 4.69) is 11.9 Å². The quantitative estimate of drug-likeness (QED) is 0.651. The Morgan fingerprint density at radius 3 is 2.37 bits per heavy atom. The van der Waals surface area contributed by atoms with Gasteiger partial charge in [0.15, 0.2) is 18.1 Å². The van der Waals surface area contributed by atoms with Crippen molar-refractivity contribution in [3.63, 3.8) is 0 Å². The fourth-order valence-electron chi connectivity index (χ4n) is 2.41. The molecule has 7 heteroatoms. The first kappa shape index (κ1) is 20.5. The second-order valence-corrected chi connectivity index (χ2v) is 5.91. The molecule has 0 aliphatic heterocycles. The van der Waals surface area contributed by atoms with E-state index in [0.717, 1.165) is 12.0 Å². The molecule has 0 aliphatic carbocycles. The van der Waals surface area contributed by atoms with Gasteiger partial charge in [0.2, 0.25) is 0 Å². The van der Waals surface area contributed by atoms with Gasteiger partial charge in [0, 0.05) is 6.07 Å². The SMILES string of the molecule is C=CCc1ccc(OCC(=O)Nc2cc(Cl)c(OC)cc2OC)c(OC)c1. The molecule has 1 amide bonds. The molecule has 0 aliphatic rings. The van der Waals surface area contributed by atoms with Crippen molar-refractivity contribution >= 4 is 23.2 Å². The first-order valence-corrected chi connectivity index (χ1v) is 8.52. The average molecular weight is 392 g/mol. The van der Waals surface area contributed by atoms with Crippen molar-refractivity contribution in [2.24, 2.45) is 0 Å².